The highest BCUT2D eigenvalue weighted by atomic mass is 35.5. The third kappa shape index (κ3) is 4.39. The number of imidazole rings is 1. The number of aromatic nitrogens is 4. The van der Waals surface area contributed by atoms with E-state index >= 15 is 0 Å². The number of nitrogen functional groups attached to an aromatic ring is 1. The molecule has 0 unspecified atom stereocenters. The Morgan fingerprint density at radius 3 is 2.88 bits per heavy atom. The zero-order valence-electron chi connectivity index (χ0n) is 14.0. The number of hydrogen-bond donors (Lipinski definition) is 3. The average molecular weight is 413 g/mol. The van der Waals surface area contributed by atoms with Crippen LogP contribution in [0.4, 0.5) is 5.82 Å². The number of nitrogens with two attached hydrogens (primary N) is 1. The van der Waals surface area contributed by atoms with Crippen molar-refractivity contribution < 1.29 is 5.11 Å². The molecule has 7 nitrogen and oxygen atoms in total. The lowest BCUT2D eigenvalue weighted by atomic mass is 10.4. The van der Waals surface area contributed by atoms with Gasteiger partial charge in [0.2, 0.25) is 0 Å². The molecule has 1 aromatic carbocycles. The van der Waals surface area contributed by atoms with E-state index in [1.54, 1.807) is 19.1 Å². The summed E-state index contributed by atoms with van der Waals surface area (Å²) in [5.74, 6) is 0.328. The lowest BCUT2D eigenvalue weighted by molar-refractivity contribution is 0.191. The summed E-state index contributed by atoms with van der Waals surface area (Å²) >= 11 is 13.7. The third-order valence-electron chi connectivity index (χ3n) is 3.57. The van der Waals surface area contributed by atoms with Crippen LogP contribution in [0.2, 0.25) is 10.0 Å². The highest BCUT2D eigenvalue weighted by Crippen LogP contribution is 2.36. The van der Waals surface area contributed by atoms with Gasteiger partial charge in [-0.25, -0.2) is 15.0 Å². The van der Waals surface area contributed by atoms with Crippen molar-refractivity contribution in [2.24, 2.45) is 0 Å². The minimum absolute atomic E-state index is 0.328. The molecule has 0 radical (unpaired) electrons. The first-order valence-corrected chi connectivity index (χ1v) is 9.51. The van der Waals surface area contributed by atoms with Crippen molar-refractivity contribution in [3.05, 3.63) is 34.6 Å². The zero-order chi connectivity index (χ0) is 18.7. The van der Waals surface area contributed by atoms with Crippen LogP contribution in [-0.4, -0.2) is 43.8 Å². The maximum atomic E-state index is 9.37. The summed E-state index contributed by atoms with van der Waals surface area (Å²) in [7, 11) is 0. The second-order valence-electron chi connectivity index (χ2n) is 5.71. The van der Waals surface area contributed by atoms with Crippen LogP contribution < -0.4 is 11.1 Å². The number of halogens is 2. The van der Waals surface area contributed by atoms with Gasteiger partial charge in [0, 0.05) is 29.6 Å². The summed E-state index contributed by atoms with van der Waals surface area (Å²) in [4.78, 5) is 13.7. The van der Waals surface area contributed by atoms with Gasteiger partial charge >= 0.3 is 0 Å². The Kier molecular flexibility index (Phi) is 6.20. The van der Waals surface area contributed by atoms with Crippen molar-refractivity contribution in [1.29, 1.82) is 0 Å². The second-order valence-corrected chi connectivity index (χ2v) is 7.56. The van der Waals surface area contributed by atoms with E-state index in [1.165, 1.54) is 18.1 Å². The van der Waals surface area contributed by atoms with Crippen molar-refractivity contribution in [2.45, 2.75) is 29.6 Å². The highest BCUT2D eigenvalue weighted by molar-refractivity contribution is 7.99. The predicted molar refractivity (Wildman–Crippen MR) is 105 cm³/mol. The van der Waals surface area contributed by atoms with Gasteiger partial charge in [0.1, 0.15) is 6.33 Å². The van der Waals surface area contributed by atoms with E-state index in [0.29, 0.717) is 51.8 Å². The molecule has 0 saturated heterocycles. The first-order chi connectivity index (χ1) is 12.5. The predicted octanol–water partition coefficient (Wildman–Crippen LogP) is 2.84. The SMILES string of the molecule is C[C@@H](O)CNCCn1c(Sc2ccc(Cl)cc2Cl)nc2c(N)ncnc21. The molecule has 4 N–H and O–H groups in total. The number of aliphatic hydroxyl groups excluding tert-OH is 1. The molecule has 3 rings (SSSR count). The maximum Gasteiger partial charge on any atom is 0.175 e. The van der Waals surface area contributed by atoms with Crippen LogP contribution >= 0.6 is 35.0 Å². The second kappa shape index (κ2) is 8.41. The summed E-state index contributed by atoms with van der Waals surface area (Å²) in [6, 6.07) is 5.32. The van der Waals surface area contributed by atoms with Crippen LogP contribution in [0.3, 0.4) is 0 Å². The van der Waals surface area contributed by atoms with Gasteiger partial charge in [-0.2, -0.15) is 0 Å². The Balaban J connectivity index is 1.92. The maximum absolute atomic E-state index is 9.37. The van der Waals surface area contributed by atoms with Crippen LogP contribution in [0.25, 0.3) is 11.2 Å². The lowest BCUT2D eigenvalue weighted by Crippen LogP contribution is -2.27. The number of fused-ring (bicyclic) bond motifs is 1. The first-order valence-electron chi connectivity index (χ1n) is 7.94. The number of benzene rings is 1. The summed E-state index contributed by atoms with van der Waals surface area (Å²) in [6.45, 7) is 3.49. The molecule has 138 valence electrons. The van der Waals surface area contributed by atoms with Gasteiger partial charge in [-0.1, -0.05) is 35.0 Å². The minimum Gasteiger partial charge on any atom is -0.392 e. The van der Waals surface area contributed by atoms with Crippen molar-refractivity contribution in [3.63, 3.8) is 0 Å². The molecule has 0 amide bonds. The van der Waals surface area contributed by atoms with E-state index in [9.17, 15) is 5.11 Å². The fraction of sp³-hybridized carbons (Fsp3) is 0.312. The molecule has 0 fully saturated rings. The number of rotatable bonds is 7. The van der Waals surface area contributed by atoms with Crippen LogP contribution in [0.1, 0.15) is 6.92 Å². The van der Waals surface area contributed by atoms with E-state index in [2.05, 4.69) is 20.3 Å². The molecule has 2 heterocycles. The molecule has 0 aliphatic rings. The zero-order valence-corrected chi connectivity index (χ0v) is 16.3. The van der Waals surface area contributed by atoms with Gasteiger partial charge in [-0.15, -0.1) is 0 Å². The normalized spacial score (nSPS) is 12.6. The fourth-order valence-corrected chi connectivity index (χ4v) is 3.81. The summed E-state index contributed by atoms with van der Waals surface area (Å²) in [5.41, 5.74) is 7.16. The van der Waals surface area contributed by atoms with Gasteiger partial charge in [-0.3, -0.25) is 0 Å². The molecule has 0 saturated carbocycles. The largest absolute Gasteiger partial charge is 0.392 e. The summed E-state index contributed by atoms with van der Waals surface area (Å²) < 4.78 is 1.96. The molecule has 0 spiro atoms. The van der Waals surface area contributed by atoms with Gasteiger partial charge < -0.3 is 20.7 Å². The Bertz CT molecular complexity index is 917. The lowest BCUT2D eigenvalue weighted by Gasteiger charge is -2.11. The molecule has 2 aromatic heterocycles. The average Bonchev–Trinajstić information content (AvgIpc) is 2.93. The molecule has 0 aliphatic heterocycles. The molecule has 3 aromatic rings. The van der Waals surface area contributed by atoms with Crippen molar-refractivity contribution >= 4 is 51.9 Å². The van der Waals surface area contributed by atoms with E-state index in [4.69, 9.17) is 28.9 Å². The van der Waals surface area contributed by atoms with E-state index in [0.717, 1.165) is 4.90 Å². The molecule has 10 heteroatoms. The Morgan fingerprint density at radius 1 is 1.35 bits per heavy atom. The number of anilines is 1. The number of nitrogens with one attached hydrogen (secondary N) is 1. The van der Waals surface area contributed by atoms with Gasteiger partial charge in [0.25, 0.3) is 0 Å². The van der Waals surface area contributed by atoms with Gasteiger partial charge in [0.05, 0.1) is 11.1 Å². The van der Waals surface area contributed by atoms with Crippen molar-refractivity contribution in [1.82, 2.24) is 24.8 Å². The monoisotopic (exact) mass is 412 g/mol. The van der Waals surface area contributed by atoms with E-state index in [-0.39, 0.29) is 0 Å². The van der Waals surface area contributed by atoms with E-state index in [1.807, 2.05) is 10.6 Å². The van der Waals surface area contributed by atoms with Gasteiger partial charge in [-0.05, 0) is 25.1 Å². The van der Waals surface area contributed by atoms with Crippen molar-refractivity contribution in [2.75, 3.05) is 18.8 Å². The summed E-state index contributed by atoms with van der Waals surface area (Å²) in [5, 5.41) is 14.4. The topological polar surface area (TPSA) is 102 Å². The number of aliphatic hydroxyl groups is 1. The molecule has 0 bridgehead atoms. The third-order valence-corrected chi connectivity index (χ3v) is 5.30. The van der Waals surface area contributed by atoms with Crippen LogP contribution in [0, 0.1) is 0 Å². The molecular formula is C16H18Cl2N6OS. The van der Waals surface area contributed by atoms with E-state index < -0.39 is 6.10 Å². The Labute approximate surface area is 164 Å². The number of hydrogen-bond acceptors (Lipinski definition) is 7. The quantitative estimate of drug-likeness (QED) is 0.512. The van der Waals surface area contributed by atoms with Gasteiger partial charge in [0.15, 0.2) is 22.1 Å². The fourth-order valence-electron chi connectivity index (χ4n) is 2.37. The standard InChI is InChI=1S/C16H18Cl2N6OS/c1-9(25)7-20-4-5-24-15-13(14(19)21-8-22-15)23-16(24)26-12-3-2-10(17)6-11(12)18/h2-3,6,8-9,20,25H,4-5,7H2,1H3,(H2,19,21,22)/t9-/m1/s1. The Hall–Kier alpha value is -1.58. The molecular weight excluding hydrogens is 395 g/mol. The van der Waals surface area contributed by atoms with Crippen LogP contribution in [0.15, 0.2) is 34.6 Å². The molecule has 26 heavy (non-hydrogen) atoms. The van der Waals surface area contributed by atoms with Crippen LogP contribution in [0.5, 0.6) is 0 Å². The van der Waals surface area contributed by atoms with Crippen LogP contribution in [-0.2, 0) is 6.54 Å². The first kappa shape index (κ1) is 19.2. The Morgan fingerprint density at radius 2 is 2.15 bits per heavy atom. The molecule has 1 atom stereocenters. The number of nitrogens with zero attached hydrogens (tertiary/aromatic N) is 4. The van der Waals surface area contributed by atoms with Crippen molar-refractivity contribution in [3.8, 4) is 0 Å². The minimum atomic E-state index is -0.408. The molecule has 0 aliphatic carbocycles. The highest BCUT2D eigenvalue weighted by Gasteiger charge is 2.17. The summed E-state index contributed by atoms with van der Waals surface area (Å²) in [6.07, 6.45) is 1.01. The smallest absolute Gasteiger partial charge is 0.175 e.